The second kappa shape index (κ2) is 3.25. The number of hydrogen-bond acceptors (Lipinski definition) is 0. The van der Waals surface area contributed by atoms with E-state index in [4.69, 9.17) is 0 Å². The van der Waals surface area contributed by atoms with Crippen LogP contribution in [0.1, 0.15) is 32.6 Å². The predicted molar refractivity (Wildman–Crippen MR) is 50.5 cm³/mol. The average molecular weight is 150 g/mol. The summed E-state index contributed by atoms with van der Waals surface area (Å²) in [4.78, 5) is 0. The first-order chi connectivity index (χ1) is 5.23. The third kappa shape index (κ3) is 1.55. The standard InChI is InChI=1S/C11H18/c1-4-10-8-6-7-9-11(10,3)5-2/h4-5,10H,1-2,6-9H2,3H3. The molecule has 1 rings (SSSR count). The van der Waals surface area contributed by atoms with E-state index < -0.39 is 0 Å². The first-order valence-corrected chi connectivity index (χ1v) is 4.49. The summed E-state index contributed by atoms with van der Waals surface area (Å²) in [6.07, 6.45) is 9.51. The van der Waals surface area contributed by atoms with Gasteiger partial charge in [-0.05, 0) is 24.2 Å². The Bertz CT molecular complexity index is 157. The lowest BCUT2D eigenvalue weighted by atomic mass is 9.68. The molecule has 0 heteroatoms. The third-order valence-electron chi connectivity index (χ3n) is 3.08. The fraction of sp³-hybridized carbons (Fsp3) is 0.636. The minimum Gasteiger partial charge on any atom is -0.103 e. The van der Waals surface area contributed by atoms with E-state index >= 15 is 0 Å². The Hall–Kier alpha value is -0.520. The van der Waals surface area contributed by atoms with Crippen LogP contribution in [0.5, 0.6) is 0 Å². The van der Waals surface area contributed by atoms with Gasteiger partial charge in [-0.1, -0.05) is 31.9 Å². The van der Waals surface area contributed by atoms with E-state index in [1.54, 1.807) is 0 Å². The van der Waals surface area contributed by atoms with Gasteiger partial charge in [0.2, 0.25) is 0 Å². The Balaban J connectivity index is 2.72. The molecule has 0 nitrogen and oxygen atoms in total. The van der Waals surface area contributed by atoms with E-state index in [0.29, 0.717) is 11.3 Å². The van der Waals surface area contributed by atoms with Gasteiger partial charge in [0.15, 0.2) is 0 Å². The molecule has 2 unspecified atom stereocenters. The van der Waals surface area contributed by atoms with Crippen LogP contribution in [0.25, 0.3) is 0 Å². The molecule has 2 atom stereocenters. The summed E-state index contributed by atoms with van der Waals surface area (Å²) in [7, 11) is 0. The highest BCUT2D eigenvalue weighted by Gasteiger charge is 2.31. The first kappa shape index (κ1) is 8.58. The molecule has 0 aromatic carbocycles. The molecule has 0 bridgehead atoms. The van der Waals surface area contributed by atoms with Crippen molar-refractivity contribution in [1.82, 2.24) is 0 Å². The number of rotatable bonds is 2. The lowest BCUT2D eigenvalue weighted by Crippen LogP contribution is -2.27. The van der Waals surface area contributed by atoms with Crippen molar-refractivity contribution >= 4 is 0 Å². The van der Waals surface area contributed by atoms with Gasteiger partial charge in [0.1, 0.15) is 0 Å². The maximum absolute atomic E-state index is 3.91. The van der Waals surface area contributed by atoms with E-state index in [2.05, 4.69) is 32.2 Å². The molecule has 0 saturated heterocycles. The molecule has 0 spiro atoms. The topological polar surface area (TPSA) is 0 Å². The maximum Gasteiger partial charge on any atom is -0.00866 e. The summed E-state index contributed by atoms with van der Waals surface area (Å²) in [5.41, 5.74) is 0.333. The molecule has 62 valence electrons. The number of allylic oxidation sites excluding steroid dienone is 2. The molecule has 0 radical (unpaired) electrons. The van der Waals surface area contributed by atoms with Crippen LogP contribution < -0.4 is 0 Å². The van der Waals surface area contributed by atoms with Crippen LogP contribution in [0.4, 0.5) is 0 Å². The molecule has 0 aliphatic heterocycles. The number of hydrogen-bond donors (Lipinski definition) is 0. The zero-order valence-electron chi connectivity index (χ0n) is 7.47. The van der Waals surface area contributed by atoms with Gasteiger partial charge in [-0.25, -0.2) is 0 Å². The van der Waals surface area contributed by atoms with Crippen molar-refractivity contribution in [3.63, 3.8) is 0 Å². The van der Waals surface area contributed by atoms with E-state index in [9.17, 15) is 0 Å². The Kier molecular flexibility index (Phi) is 2.53. The van der Waals surface area contributed by atoms with E-state index in [-0.39, 0.29) is 0 Å². The summed E-state index contributed by atoms with van der Waals surface area (Å²) in [5.74, 6) is 0.661. The predicted octanol–water partition coefficient (Wildman–Crippen LogP) is 3.55. The molecule has 1 saturated carbocycles. The highest BCUT2D eigenvalue weighted by atomic mass is 14.4. The lowest BCUT2D eigenvalue weighted by molar-refractivity contribution is 0.215. The van der Waals surface area contributed by atoms with Crippen LogP contribution in [0, 0.1) is 11.3 Å². The summed E-state index contributed by atoms with van der Waals surface area (Å²) in [6, 6.07) is 0. The summed E-state index contributed by atoms with van der Waals surface area (Å²) in [5, 5.41) is 0. The van der Waals surface area contributed by atoms with Crippen LogP contribution in [0.3, 0.4) is 0 Å². The molecule has 0 aromatic heterocycles. The highest BCUT2D eigenvalue weighted by Crippen LogP contribution is 2.42. The fourth-order valence-electron chi connectivity index (χ4n) is 2.03. The van der Waals surface area contributed by atoms with Crippen molar-refractivity contribution in [2.24, 2.45) is 11.3 Å². The molecular weight excluding hydrogens is 132 g/mol. The molecule has 1 aliphatic carbocycles. The molecule has 1 fully saturated rings. The van der Waals surface area contributed by atoms with Crippen LogP contribution in [-0.2, 0) is 0 Å². The van der Waals surface area contributed by atoms with Gasteiger partial charge in [0, 0.05) is 0 Å². The molecule has 0 aromatic rings. The van der Waals surface area contributed by atoms with Crippen molar-refractivity contribution in [1.29, 1.82) is 0 Å². The van der Waals surface area contributed by atoms with Gasteiger partial charge >= 0.3 is 0 Å². The second-order valence-electron chi connectivity index (χ2n) is 3.80. The lowest BCUT2D eigenvalue weighted by Gasteiger charge is -2.37. The van der Waals surface area contributed by atoms with Crippen LogP contribution in [-0.4, -0.2) is 0 Å². The molecule has 1 aliphatic rings. The Morgan fingerprint density at radius 3 is 2.55 bits per heavy atom. The largest absolute Gasteiger partial charge is 0.103 e. The molecular formula is C11H18. The average Bonchev–Trinajstić information content (AvgIpc) is 2.05. The highest BCUT2D eigenvalue weighted by molar-refractivity contribution is 5.03. The van der Waals surface area contributed by atoms with Gasteiger partial charge in [-0.15, -0.1) is 13.2 Å². The monoisotopic (exact) mass is 150 g/mol. The first-order valence-electron chi connectivity index (χ1n) is 4.49. The van der Waals surface area contributed by atoms with Crippen molar-refractivity contribution in [3.8, 4) is 0 Å². The molecule has 11 heavy (non-hydrogen) atoms. The van der Waals surface area contributed by atoms with E-state index in [1.807, 2.05) is 0 Å². The van der Waals surface area contributed by atoms with Crippen molar-refractivity contribution in [2.75, 3.05) is 0 Å². The second-order valence-corrected chi connectivity index (χ2v) is 3.80. The summed E-state index contributed by atoms with van der Waals surface area (Å²) in [6.45, 7) is 10.1. The Labute approximate surface area is 70.0 Å². The van der Waals surface area contributed by atoms with Crippen molar-refractivity contribution < 1.29 is 0 Å². The third-order valence-corrected chi connectivity index (χ3v) is 3.08. The summed E-state index contributed by atoms with van der Waals surface area (Å²) < 4.78 is 0. The van der Waals surface area contributed by atoms with E-state index in [1.165, 1.54) is 25.7 Å². The zero-order valence-corrected chi connectivity index (χ0v) is 7.47. The van der Waals surface area contributed by atoms with Crippen LogP contribution >= 0.6 is 0 Å². The molecule has 0 heterocycles. The van der Waals surface area contributed by atoms with Gasteiger partial charge in [0.25, 0.3) is 0 Å². The molecule has 0 amide bonds. The van der Waals surface area contributed by atoms with Crippen molar-refractivity contribution in [2.45, 2.75) is 32.6 Å². The van der Waals surface area contributed by atoms with Gasteiger partial charge in [-0.2, -0.15) is 0 Å². The summed E-state index contributed by atoms with van der Waals surface area (Å²) >= 11 is 0. The fourth-order valence-corrected chi connectivity index (χ4v) is 2.03. The zero-order chi connectivity index (χ0) is 8.32. The van der Waals surface area contributed by atoms with E-state index in [0.717, 1.165) is 0 Å². The maximum atomic E-state index is 3.91. The van der Waals surface area contributed by atoms with Crippen LogP contribution in [0.15, 0.2) is 25.3 Å². The Morgan fingerprint density at radius 2 is 2.09 bits per heavy atom. The minimum absolute atomic E-state index is 0.333. The molecule has 0 N–H and O–H groups in total. The van der Waals surface area contributed by atoms with Gasteiger partial charge in [0.05, 0.1) is 0 Å². The SMILES string of the molecule is C=CC1CCCCC1(C)C=C. The normalized spacial score (nSPS) is 38.1. The minimum atomic E-state index is 0.333. The van der Waals surface area contributed by atoms with Crippen LogP contribution in [0.2, 0.25) is 0 Å². The van der Waals surface area contributed by atoms with Gasteiger partial charge < -0.3 is 0 Å². The smallest absolute Gasteiger partial charge is 0.00866 e. The van der Waals surface area contributed by atoms with Gasteiger partial charge in [-0.3, -0.25) is 0 Å². The van der Waals surface area contributed by atoms with Crippen molar-refractivity contribution in [3.05, 3.63) is 25.3 Å². The quantitative estimate of drug-likeness (QED) is 0.528. The Morgan fingerprint density at radius 1 is 1.36 bits per heavy atom.